The van der Waals surface area contributed by atoms with Gasteiger partial charge in [0.25, 0.3) is 0 Å². The van der Waals surface area contributed by atoms with E-state index >= 15 is 0 Å². The molecule has 3 rings (SSSR count). The smallest absolute Gasteiger partial charge is 0.240 e. The van der Waals surface area contributed by atoms with E-state index in [1.807, 2.05) is 30.3 Å². The Balaban J connectivity index is 1.61. The van der Waals surface area contributed by atoms with Crippen molar-refractivity contribution in [3.63, 3.8) is 0 Å². The van der Waals surface area contributed by atoms with Gasteiger partial charge < -0.3 is 14.2 Å². The molecule has 2 aromatic rings. The third-order valence-corrected chi connectivity index (χ3v) is 12.1. The Labute approximate surface area is 245 Å². The molecular weight excluding hydrogens is 610 g/mol. The number of nitrogens with zero attached hydrogens (tertiary/aromatic N) is 1. The van der Waals surface area contributed by atoms with E-state index in [9.17, 15) is 8.42 Å². The molecule has 0 saturated carbocycles. The van der Waals surface area contributed by atoms with Crippen LogP contribution in [-0.2, 0) is 25.9 Å². The molecule has 0 spiro atoms. The van der Waals surface area contributed by atoms with Gasteiger partial charge in [-0.25, -0.2) is 8.42 Å². The van der Waals surface area contributed by atoms with Crippen LogP contribution in [0.3, 0.4) is 0 Å². The highest BCUT2D eigenvalue weighted by atomic mass is 79.9. The maximum absolute atomic E-state index is 13.2. The normalized spacial score (nSPS) is 16.3. The minimum absolute atomic E-state index is 0.0180. The Morgan fingerprint density at radius 2 is 1.51 bits per heavy atom. The van der Waals surface area contributed by atoms with Crippen molar-refractivity contribution in [1.29, 1.82) is 0 Å². The van der Waals surface area contributed by atoms with Gasteiger partial charge in [0, 0.05) is 39.2 Å². The summed E-state index contributed by atoms with van der Waals surface area (Å²) in [7, 11) is -6.27. The van der Waals surface area contributed by atoms with Gasteiger partial charge in [-0.2, -0.15) is 0 Å². The van der Waals surface area contributed by atoms with Gasteiger partial charge in [0.15, 0.2) is 0 Å². The fourth-order valence-electron chi connectivity index (χ4n) is 4.04. The summed E-state index contributed by atoms with van der Waals surface area (Å²) in [5, 5.41) is 1.23. The Hall–Kier alpha value is -1.28. The first-order valence-corrected chi connectivity index (χ1v) is 23.3. The minimum atomic E-state index is -3.73. The second-order valence-corrected chi connectivity index (χ2v) is 26.4. The fourth-order valence-corrected chi connectivity index (χ4v) is 7.08. The van der Waals surface area contributed by atoms with Crippen molar-refractivity contribution in [3.05, 3.63) is 69.0 Å². The summed E-state index contributed by atoms with van der Waals surface area (Å²) >= 11 is 3.63. The average Bonchev–Trinajstić information content (AvgIpc) is 3.25. The molecule has 0 N–H and O–H groups in total. The summed E-state index contributed by atoms with van der Waals surface area (Å²) in [5.74, 6) is 0.765. The number of hydrogen-bond acceptors (Lipinski definition) is 5. The molecule has 0 amide bonds. The summed E-state index contributed by atoms with van der Waals surface area (Å²) in [5.41, 5.74) is 3.31. The van der Waals surface area contributed by atoms with Crippen molar-refractivity contribution in [2.24, 2.45) is 0 Å². The highest BCUT2D eigenvalue weighted by Crippen LogP contribution is 2.38. The second kappa shape index (κ2) is 14.1. The largest absolute Gasteiger partial charge is 0.486 e. The quantitative estimate of drug-likeness (QED) is 0.112. The van der Waals surface area contributed by atoms with E-state index in [4.69, 9.17) is 14.2 Å². The van der Waals surface area contributed by atoms with Crippen molar-refractivity contribution >= 4 is 48.2 Å². The highest BCUT2D eigenvalue weighted by molar-refractivity contribution is 9.10. The topological polar surface area (TPSA) is 65.1 Å². The molecule has 10 heteroatoms. The molecule has 0 aliphatic heterocycles. The summed E-state index contributed by atoms with van der Waals surface area (Å²) in [4.78, 5) is 0. The fraction of sp³-hybridized carbons (Fsp3) is 0.517. The predicted octanol–water partition coefficient (Wildman–Crippen LogP) is 7.74. The van der Waals surface area contributed by atoms with Crippen LogP contribution in [0.25, 0.3) is 6.08 Å². The monoisotopic (exact) mass is 653 g/mol. The lowest BCUT2D eigenvalue weighted by Crippen LogP contribution is -2.35. The lowest BCUT2D eigenvalue weighted by atomic mass is 10.1. The van der Waals surface area contributed by atoms with Crippen LogP contribution in [0.15, 0.2) is 52.3 Å². The van der Waals surface area contributed by atoms with Crippen LogP contribution in [0.4, 0.5) is 0 Å². The molecule has 1 atom stereocenters. The lowest BCUT2D eigenvalue weighted by molar-refractivity contribution is 0.00888. The number of sulfonamides is 1. The van der Waals surface area contributed by atoms with Crippen molar-refractivity contribution in [1.82, 2.24) is 4.31 Å². The Morgan fingerprint density at radius 3 is 2.08 bits per heavy atom. The number of fused-ring (bicyclic) bond motifs is 1. The van der Waals surface area contributed by atoms with E-state index in [0.717, 1.165) is 40.7 Å². The van der Waals surface area contributed by atoms with Crippen LogP contribution in [0, 0.1) is 0 Å². The van der Waals surface area contributed by atoms with Gasteiger partial charge in [0.05, 0.1) is 0 Å². The van der Waals surface area contributed by atoms with E-state index in [0.29, 0.717) is 13.2 Å². The summed E-state index contributed by atoms with van der Waals surface area (Å²) in [6.07, 6.45) is 3.56. The SMILES string of the molecule is C[Si](C)(C)CCOCN(COCC[Si](C)(C)C)S(=O)(=O)C=Cc1ccc(OC2CCc3c(Br)cccc32)cc1. The highest BCUT2D eigenvalue weighted by Gasteiger charge is 2.26. The van der Waals surface area contributed by atoms with Crippen LogP contribution >= 0.6 is 15.9 Å². The molecule has 2 aromatic carbocycles. The van der Waals surface area contributed by atoms with E-state index in [-0.39, 0.29) is 19.6 Å². The number of ether oxygens (including phenoxy) is 3. The minimum Gasteiger partial charge on any atom is -0.486 e. The van der Waals surface area contributed by atoms with Crippen molar-refractivity contribution < 1.29 is 22.6 Å². The van der Waals surface area contributed by atoms with Crippen molar-refractivity contribution in [2.75, 3.05) is 26.7 Å². The first kappa shape index (κ1) is 32.2. The molecule has 1 aliphatic carbocycles. The third-order valence-electron chi connectivity index (χ3n) is 6.57. The Morgan fingerprint density at radius 1 is 0.923 bits per heavy atom. The van der Waals surface area contributed by atoms with Gasteiger partial charge in [-0.3, -0.25) is 0 Å². The number of benzene rings is 2. The van der Waals surface area contributed by atoms with Crippen LogP contribution in [-0.4, -0.2) is 55.5 Å². The van der Waals surface area contributed by atoms with E-state index in [1.165, 1.54) is 20.8 Å². The van der Waals surface area contributed by atoms with Gasteiger partial charge in [-0.1, -0.05) is 79.5 Å². The van der Waals surface area contributed by atoms with Crippen molar-refractivity contribution in [2.45, 2.75) is 70.3 Å². The lowest BCUT2D eigenvalue weighted by Gasteiger charge is -2.23. The molecule has 0 radical (unpaired) electrons. The van der Waals surface area contributed by atoms with Crippen LogP contribution in [0.5, 0.6) is 5.75 Å². The molecule has 0 heterocycles. The maximum Gasteiger partial charge on any atom is 0.240 e. The van der Waals surface area contributed by atoms with E-state index in [2.05, 4.69) is 67.3 Å². The molecule has 1 unspecified atom stereocenters. The zero-order chi connectivity index (χ0) is 28.7. The molecule has 0 saturated heterocycles. The van der Waals surface area contributed by atoms with Gasteiger partial charge in [0.1, 0.15) is 25.3 Å². The van der Waals surface area contributed by atoms with Crippen LogP contribution in [0.2, 0.25) is 51.4 Å². The molecule has 0 aromatic heterocycles. The zero-order valence-electron chi connectivity index (χ0n) is 24.2. The van der Waals surface area contributed by atoms with Crippen LogP contribution in [0.1, 0.15) is 29.2 Å². The number of halogens is 1. The van der Waals surface area contributed by atoms with E-state index in [1.54, 1.807) is 6.08 Å². The molecular formula is C29H44BrNO5SSi2. The summed E-state index contributed by atoms with van der Waals surface area (Å²) < 4.78 is 46.6. The van der Waals surface area contributed by atoms with Gasteiger partial charge >= 0.3 is 0 Å². The summed E-state index contributed by atoms with van der Waals surface area (Å²) in [6.45, 7) is 14.7. The van der Waals surface area contributed by atoms with E-state index < -0.39 is 26.2 Å². The third kappa shape index (κ3) is 10.9. The molecule has 0 bridgehead atoms. The first-order chi connectivity index (χ1) is 18.2. The maximum atomic E-state index is 13.2. The molecule has 6 nitrogen and oxygen atoms in total. The van der Waals surface area contributed by atoms with Crippen LogP contribution < -0.4 is 4.74 Å². The number of hydrogen-bond donors (Lipinski definition) is 0. The van der Waals surface area contributed by atoms with Gasteiger partial charge in [-0.05, 0) is 65.9 Å². The Kier molecular flexibility index (Phi) is 11.6. The number of rotatable bonds is 15. The van der Waals surface area contributed by atoms with Gasteiger partial charge in [0.2, 0.25) is 10.0 Å². The van der Waals surface area contributed by atoms with Crippen molar-refractivity contribution in [3.8, 4) is 5.75 Å². The summed E-state index contributed by atoms with van der Waals surface area (Å²) in [6, 6.07) is 15.7. The standard InChI is InChI=1S/C29H44BrNO5SSi2/c1-38(2,3)20-17-34-22-31(23-35-18-21-39(4,5)6)37(32,33)19-16-24-10-12-25(13-11-24)36-29-15-14-26-27(29)8-7-9-28(26)30/h7-13,16,19,29H,14-15,17-18,20-23H2,1-6H3. The molecule has 0 fully saturated rings. The zero-order valence-corrected chi connectivity index (χ0v) is 28.6. The predicted molar refractivity (Wildman–Crippen MR) is 170 cm³/mol. The molecule has 1 aliphatic rings. The second-order valence-electron chi connectivity index (χ2n) is 12.5. The molecule has 39 heavy (non-hydrogen) atoms. The van der Waals surface area contributed by atoms with Gasteiger partial charge in [-0.15, -0.1) is 4.31 Å². The molecule has 216 valence electrons. The first-order valence-electron chi connectivity index (χ1n) is 13.6. The Bertz CT molecular complexity index is 1190. The average molecular weight is 655 g/mol.